The van der Waals surface area contributed by atoms with Crippen molar-refractivity contribution < 1.29 is 13.2 Å². The number of fused-ring (bicyclic) bond motifs is 1. The number of piperazine rings is 1. The van der Waals surface area contributed by atoms with Crippen molar-refractivity contribution in [2.45, 2.75) is 5.03 Å². The first-order valence-corrected chi connectivity index (χ1v) is 7.90. The van der Waals surface area contributed by atoms with E-state index in [9.17, 15) is 13.2 Å². The largest absolute Gasteiger partial charge is 0.371 e. The minimum Gasteiger partial charge on any atom is -0.371 e. The number of amides is 1. The van der Waals surface area contributed by atoms with Crippen molar-refractivity contribution in [1.82, 2.24) is 19.0 Å². The van der Waals surface area contributed by atoms with Crippen LogP contribution < -0.4 is 10.6 Å². The topological polar surface area (TPSA) is 95.8 Å². The van der Waals surface area contributed by atoms with Gasteiger partial charge in [0.2, 0.25) is 5.91 Å². The number of anilines is 1. The maximum Gasteiger partial charge on any atom is 0.263 e. The smallest absolute Gasteiger partial charge is 0.263 e. The normalized spacial score (nSPS) is 16.9. The van der Waals surface area contributed by atoms with E-state index in [4.69, 9.17) is 0 Å². The van der Waals surface area contributed by atoms with Gasteiger partial charge in [0.05, 0.1) is 6.54 Å². The van der Waals surface area contributed by atoms with E-state index in [1.807, 2.05) is 0 Å². The third-order valence-corrected chi connectivity index (χ3v) is 5.18. The fraction of sp³-hybridized carbons (Fsp3) is 0.333. The predicted octanol–water partition coefficient (Wildman–Crippen LogP) is -0.504. The number of nitrogens with zero attached hydrogens (tertiary/aromatic N) is 3. The lowest BCUT2D eigenvalue weighted by atomic mass is 10.4. The molecule has 0 aliphatic carbocycles. The number of pyridine rings is 1. The molecule has 0 unspecified atom stereocenters. The van der Waals surface area contributed by atoms with Gasteiger partial charge in [-0.05, 0) is 12.1 Å². The number of nitrogens with one attached hydrogen (secondary N) is 2. The third kappa shape index (κ3) is 2.24. The average molecular weight is 309 g/mol. The molecule has 3 rings (SSSR count). The molecule has 1 fully saturated rings. The molecule has 8 nitrogen and oxygen atoms in total. The van der Waals surface area contributed by atoms with Crippen LogP contribution in [0.4, 0.5) is 5.82 Å². The Kier molecular flexibility index (Phi) is 3.30. The van der Waals surface area contributed by atoms with Crippen LogP contribution in [0.5, 0.6) is 0 Å². The van der Waals surface area contributed by atoms with Gasteiger partial charge >= 0.3 is 0 Å². The fourth-order valence-electron chi connectivity index (χ4n) is 2.33. The van der Waals surface area contributed by atoms with Crippen molar-refractivity contribution in [2.75, 3.05) is 32.0 Å². The molecule has 0 atom stereocenters. The first-order chi connectivity index (χ1) is 10.0. The number of rotatable bonds is 3. The lowest BCUT2D eigenvalue weighted by Gasteiger charge is -2.25. The van der Waals surface area contributed by atoms with Gasteiger partial charge < -0.3 is 10.6 Å². The van der Waals surface area contributed by atoms with Crippen LogP contribution in [0.25, 0.3) is 5.65 Å². The van der Waals surface area contributed by atoms with Crippen molar-refractivity contribution in [3.63, 3.8) is 0 Å². The standard InChI is InChI=1S/C12H15N5O3S/c1-13-11-12(17-6-3-2-4-9(17)15-11)21(19,20)16-7-5-14-10(18)8-16/h2-4,6,13H,5,7-8H2,1H3,(H,14,18). The van der Waals surface area contributed by atoms with Gasteiger partial charge in [-0.2, -0.15) is 4.31 Å². The quantitative estimate of drug-likeness (QED) is 0.796. The van der Waals surface area contributed by atoms with E-state index in [2.05, 4.69) is 15.6 Å². The molecule has 0 bridgehead atoms. The van der Waals surface area contributed by atoms with Crippen LogP contribution in [0.3, 0.4) is 0 Å². The minimum absolute atomic E-state index is 0.0512. The van der Waals surface area contributed by atoms with Crippen LogP contribution >= 0.6 is 0 Å². The third-order valence-electron chi connectivity index (χ3n) is 3.31. The van der Waals surface area contributed by atoms with E-state index >= 15 is 0 Å². The molecule has 1 aliphatic rings. The van der Waals surface area contributed by atoms with Crippen LogP contribution in [-0.4, -0.2) is 54.7 Å². The van der Waals surface area contributed by atoms with E-state index in [0.29, 0.717) is 12.2 Å². The van der Waals surface area contributed by atoms with Gasteiger partial charge in [-0.25, -0.2) is 13.4 Å². The summed E-state index contributed by atoms with van der Waals surface area (Å²) in [6.45, 7) is 0.381. The Morgan fingerprint density at radius 1 is 1.38 bits per heavy atom. The highest BCUT2D eigenvalue weighted by Crippen LogP contribution is 2.25. The van der Waals surface area contributed by atoms with Crippen LogP contribution in [0.2, 0.25) is 0 Å². The molecule has 0 spiro atoms. The van der Waals surface area contributed by atoms with Crippen LogP contribution in [-0.2, 0) is 14.8 Å². The molecule has 1 saturated heterocycles. The van der Waals surface area contributed by atoms with Crippen molar-refractivity contribution in [3.8, 4) is 0 Å². The summed E-state index contributed by atoms with van der Waals surface area (Å²) in [4.78, 5) is 15.7. The molecular weight excluding hydrogens is 294 g/mol. The number of hydrogen-bond acceptors (Lipinski definition) is 5. The second-order valence-corrected chi connectivity index (χ2v) is 6.49. The summed E-state index contributed by atoms with van der Waals surface area (Å²) in [7, 11) is -2.20. The van der Waals surface area contributed by atoms with E-state index in [-0.39, 0.29) is 29.8 Å². The first-order valence-electron chi connectivity index (χ1n) is 6.46. The highest BCUT2D eigenvalue weighted by molar-refractivity contribution is 7.89. The summed E-state index contributed by atoms with van der Waals surface area (Å²) >= 11 is 0. The van der Waals surface area contributed by atoms with Gasteiger partial charge in [-0.15, -0.1) is 0 Å². The second-order valence-electron chi connectivity index (χ2n) is 4.63. The van der Waals surface area contributed by atoms with Crippen LogP contribution in [0.1, 0.15) is 0 Å². The molecule has 1 aliphatic heterocycles. The van der Waals surface area contributed by atoms with E-state index in [1.54, 1.807) is 31.4 Å². The number of carbonyl (C=O) groups excluding carboxylic acids is 1. The van der Waals surface area contributed by atoms with Crippen molar-refractivity contribution in [3.05, 3.63) is 24.4 Å². The Morgan fingerprint density at radius 3 is 2.90 bits per heavy atom. The monoisotopic (exact) mass is 309 g/mol. The zero-order valence-electron chi connectivity index (χ0n) is 11.4. The highest BCUT2D eigenvalue weighted by Gasteiger charge is 2.34. The van der Waals surface area contributed by atoms with Crippen LogP contribution in [0.15, 0.2) is 29.4 Å². The van der Waals surface area contributed by atoms with Gasteiger partial charge in [0.15, 0.2) is 10.8 Å². The Bertz CT molecular complexity index is 798. The highest BCUT2D eigenvalue weighted by atomic mass is 32.2. The number of aromatic nitrogens is 2. The molecule has 21 heavy (non-hydrogen) atoms. The van der Waals surface area contributed by atoms with Gasteiger partial charge in [0, 0.05) is 26.3 Å². The molecule has 1 amide bonds. The predicted molar refractivity (Wildman–Crippen MR) is 76.5 cm³/mol. The van der Waals surface area contributed by atoms with Gasteiger partial charge in [-0.3, -0.25) is 9.20 Å². The fourth-order valence-corrected chi connectivity index (χ4v) is 3.98. The Morgan fingerprint density at radius 2 is 2.19 bits per heavy atom. The molecule has 0 saturated carbocycles. The zero-order valence-corrected chi connectivity index (χ0v) is 12.2. The molecule has 0 aromatic carbocycles. The number of imidazole rings is 1. The van der Waals surface area contributed by atoms with Gasteiger partial charge in [0.25, 0.3) is 10.0 Å². The summed E-state index contributed by atoms with van der Waals surface area (Å²) in [5.74, 6) is -0.0307. The molecule has 0 radical (unpaired) electrons. The summed E-state index contributed by atoms with van der Waals surface area (Å²) in [5.41, 5.74) is 0.530. The second kappa shape index (κ2) is 5.01. The molecule has 3 heterocycles. The first kappa shape index (κ1) is 13.8. The summed E-state index contributed by atoms with van der Waals surface area (Å²) in [6.07, 6.45) is 1.64. The molecule has 2 N–H and O–H groups in total. The van der Waals surface area contributed by atoms with E-state index in [1.165, 1.54) is 8.71 Å². The van der Waals surface area contributed by atoms with Crippen molar-refractivity contribution in [2.24, 2.45) is 0 Å². The molecule has 2 aromatic rings. The van der Waals surface area contributed by atoms with Crippen molar-refractivity contribution >= 4 is 27.4 Å². The summed E-state index contributed by atoms with van der Waals surface area (Å²) in [5, 5.41) is 5.47. The maximum absolute atomic E-state index is 12.8. The van der Waals surface area contributed by atoms with E-state index in [0.717, 1.165) is 0 Å². The van der Waals surface area contributed by atoms with Gasteiger partial charge in [0.1, 0.15) is 5.65 Å². The Hall–Kier alpha value is -2.13. The number of sulfonamides is 1. The Labute approximate surface area is 121 Å². The molecular formula is C12H15N5O3S. The van der Waals surface area contributed by atoms with Crippen LogP contribution in [0, 0.1) is 0 Å². The van der Waals surface area contributed by atoms with Gasteiger partial charge in [-0.1, -0.05) is 6.07 Å². The SMILES string of the molecule is CNc1nc2ccccn2c1S(=O)(=O)N1CCNC(=O)C1. The molecule has 112 valence electrons. The minimum atomic E-state index is -3.81. The lowest BCUT2D eigenvalue weighted by Crippen LogP contribution is -2.50. The number of hydrogen-bond donors (Lipinski definition) is 2. The zero-order chi connectivity index (χ0) is 15.0. The lowest BCUT2D eigenvalue weighted by molar-refractivity contribution is -0.122. The number of carbonyl (C=O) groups is 1. The van der Waals surface area contributed by atoms with E-state index < -0.39 is 10.0 Å². The van der Waals surface area contributed by atoms with Crippen molar-refractivity contribution in [1.29, 1.82) is 0 Å². The summed E-state index contributed by atoms with van der Waals surface area (Å²) in [6, 6.07) is 5.24. The maximum atomic E-state index is 12.8. The average Bonchev–Trinajstić information content (AvgIpc) is 2.86. The Balaban J connectivity index is 2.16. The molecule has 2 aromatic heterocycles. The molecule has 9 heteroatoms. The summed E-state index contributed by atoms with van der Waals surface area (Å²) < 4.78 is 28.3.